The Balaban J connectivity index is 1.76. The largest absolute Gasteiger partial charge is 0.381 e. The number of hydrogen-bond acceptors (Lipinski definition) is 4. The number of pyridine rings is 1. The number of aromatic nitrogens is 3. The van der Waals surface area contributed by atoms with E-state index < -0.39 is 0 Å². The first-order valence-electron chi connectivity index (χ1n) is 7.72. The summed E-state index contributed by atoms with van der Waals surface area (Å²) in [5.41, 5.74) is 1.74. The molecule has 2 aromatic heterocycles. The van der Waals surface area contributed by atoms with E-state index in [4.69, 9.17) is 4.74 Å². The van der Waals surface area contributed by atoms with Crippen molar-refractivity contribution in [2.45, 2.75) is 25.8 Å². The maximum absolute atomic E-state index is 5.37. The molecule has 23 heavy (non-hydrogen) atoms. The first kappa shape index (κ1) is 15.4. The monoisotopic (exact) mass is 312 g/mol. The van der Waals surface area contributed by atoms with Crippen molar-refractivity contribution in [3.63, 3.8) is 0 Å². The molecule has 0 saturated carbocycles. The van der Waals surface area contributed by atoms with E-state index in [2.05, 4.69) is 25.5 Å². The highest BCUT2D eigenvalue weighted by atomic mass is 16.5. The molecular weight excluding hydrogens is 292 g/mol. The molecule has 1 aliphatic rings. The Bertz CT molecular complexity index is 727. The molecule has 1 N–H and O–H groups in total. The summed E-state index contributed by atoms with van der Waals surface area (Å²) in [4.78, 5) is 9.16. The second kappa shape index (κ2) is 7.64. The van der Waals surface area contributed by atoms with E-state index in [-0.39, 0.29) is 6.04 Å². The summed E-state index contributed by atoms with van der Waals surface area (Å²) >= 11 is 0. The Kier molecular flexibility index (Phi) is 5.10. The van der Waals surface area contributed by atoms with Gasteiger partial charge in [-0.1, -0.05) is 6.08 Å². The minimum Gasteiger partial charge on any atom is -0.381 e. The van der Waals surface area contributed by atoms with Crippen LogP contribution in [0.15, 0.2) is 46.9 Å². The van der Waals surface area contributed by atoms with Gasteiger partial charge in [-0.2, -0.15) is 0 Å². The number of rotatable bonds is 3. The van der Waals surface area contributed by atoms with Gasteiger partial charge in [-0.05, 0) is 43.7 Å². The average Bonchev–Trinajstić information content (AvgIpc) is 3.06. The molecule has 0 radical (unpaired) electrons. The second-order valence-corrected chi connectivity index (χ2v) is 5.26. The van der Waals surface area contributed by atoms with E-state index in [1.165, 1.54) is 0 Å². The van der Waals surface area contributed by atoms with Crippen LogP contribution in [0, 0.1) is 0 Å². The van der Waals surface area contributed by atoms with Crippen LogP contribution in [-0.4, -0.2) is 46.0 Å². The first-order valence-corrected chi connectivity index (χ1v) is 7.72. The van der Waals surface area contributed by atoms with Gasteiger partial charge in [-0.25, -0.2) is 9.98 Å². The van der Waals surface area contributed by atoms with Crippen molar-refractivity contribution in [1.29, 1.82) is 0 Å². The van der Waals surface area contributed by atoms with Crippen LogP contribution < -0.4 is 5.32 Å². The van der Waals surface area contributed by atoms with E-state index >= 15 is 0 Å². The van der Waals surface area contributed by atoms with E-state index in [0.717, 1.165) is 37.3 Å². The van der Waals surface area contributed by atoms with Gasteiger partial charge in [0.15, 0.2) is 5.65 Å². The molecule has 3 rings (SSSR count). The van der Waals surface area contributed by atoms with E-state index in [0.29, 0.717) is 5.96 Å². The summed E-state index contributed by atoms with van der Waals surface area (Å²) in [5, 5.41) is 11.0. The van der Waals surface area contributed by atoms with Gasteiger partial charge < -0.3 is 10.1 Å². The number of nitrogens with zero attached hydrogens (tertiary/aromatic N) is 5. The number of fused-ring (bicyclic) bond motifs is 1. The predicted octanol–water partition coefficient (Wildman–Crippen LogP) is 1.81. The molecule has 2 aromatic rings. The summed E-state index contributed by atoms with van der Waals surface area (Å²) < 4.78 is 7.22. The smallest absolute Gasteiger partial charge is 0.222 e. The molecule has 7 heteroatoms. The zero-order valence-electron chi connectivity index (χ0n) is 13.1. The van der Waals surface area contributed by atoms with Crippen molar-refractivity contribution < 1.29 is 4.74 Å². The molecular formula is C16H20N6O. The van der Waals surface area contributed by atoms with Crippen molar-refractivity contribution in [1.82, 2.24) is 19.9 Å². The highest BCUT2D eigenvalue weighted by Gasteiger charge is 2.13. The molecule has 0 unspecified atom stereocenters. The molecule has 7 nitrogen and oxygen atoms in total. The highest BCUT2D eigenvalue weighted by molar-refractivity contribution is 5.94. The van der Waals surface area contributed by atoms with Crippen LogP contribution in [0.4, 0.5) is 0 Å². The quantitative estimate of drug-likeness (QED) is 0.692. The third kappa shape index (κ3) is 4.23. The Morgan fingerprint density at radius 1 is 1.43 bits per heavy atom. The fourth-order valence-electron chi connectivity index (χ4n) is 2.30. The number of ether oxygens (including phenoxy) is 1. The minimum absolute atomic E-state index is 0.257. The molecule has 0 amide bonds. The van der Waals surface area contributed by atoms with Crippen LogP contribution >= 0.6 is 0 Å². The van der Waals surface area contributed by atoms with Gasteiger partial charge in [0.1, 0.15) is 6.33 Å². The fourth-order valence-corrected chi connectivity index (χ4v) is 2.30. The number of guanidine groups is 1. The summed E-state index contributed by atoms with van der Waals surface area (Å²) in [6.07, 6.45) is 11.0. The number of allylic oxidation sites excluding steroid dienone is 1. The van der Waals surface area contributed by atoms with Crippen molar-refractivity contribution in [3.8, 4) is 0 Å². The number of nitrogens with one attached hydrogen (secondary N) is 1. The standard InChI is InChI=1S/C16H20N6O/c1-2-6-17-16(20-14-4-8-23-9-5-14)18-11-13-3-7-22-12-19-21-15(22)10-13/h2-3,6-7,10-12,14H,4-5,8-9H2,1H3,(H,17,20)/b6-2-,18-11?. The van der Waals surface area contributed by atoms with Gasteiger partial charge >= 0.3 is 0 Å². The predicted molar refractivity (Wildman–Crippen MR) is 89.8 cm³/mol. The molecule has 1 fully saturated rings. The van der Waals surface area contributed by atoms with Crippen molar-refractivity contribution in [3.05, 3.63) is 42.5 Å². The highest BCUT2D eigenvalue weighted by Crippen LogP contribution is 2.10. The lowest BCUT2D eigenvalue weighted by atomic mass is 10.1. The lowest BCUT2D eigenvalue weighted by Crippen LogP contribution is -2.24. The van der Waals surface area contributed by atoms with Crippen LogP contribution in [0.1, 0.15) is 25.3 Å². The SMILES string of the molecule is C/C=C\NC(N=Cc1ccn2cnnc2c1)=NC1CCOCC1. The van der Waals surface area contributed by atoms with Crippen molar-refractivity contribution in [2.24, 2.45) is 9.98 Å². The van der Waals surface area contributed by atoms with Gasteiger partial charge in [0.2, 0.25) is 5.96 Å². The minimum atomic E-state index is 0.257. The van der Waals surface area contributed by atoms with Gasteiger partial charge in [-0.15, -0.1) is 10.2 Å². The molecule has 0 aromatic carbocycles. The maximum atomic E-state index is 5.37. The Morgan fingerprint density at radius 3 is 3.13 bits per heavy atom. The lowest BCUT2D eigenvalue weighted by Gasteiger charge is -2.18. The molecule has 0 spiro atoms. The van der Waals surface area contributed by atoms with Gasteiger partial charge in [-0.3, -0.25) is 4.40 Å². The molecule has 1 saturated heterocycles. The van der Waals surface area contributed by atoms with Gasteiger partial charge in [0.05, 0.1) is 6.04 Å². The fraction of sp³-hybridized carbons (Fsp3) is 0.375. The number of hydrogen-bond donors (Lipinski definition) is 1. The summed E-state index contributed by atoms with van der Waals surface area (Å²) in [6.45, 7) is 3.47. The third-order valence-electron chi connectivity index (χ3n) is 3.53. The molecule has 0 aliphatic carbocycles. The number of aliphatic imine (C=N–C) groups is 2. The lowest BCUT2D eigenvalue weighted by molar-refractivity contribution is 0.0870. The zero-order chi connectivity index (χ0) is 15.9. The Hall–Kier alpha value is -2.54. The second-order valence-electron chi connectivity index (χ2n) is 5.26. The molecule has 0 atom stereocenters. The molecule has 3 heterocycles. The Morgan fingerprint density at radius 2 is 2.30 bits per heavy atom. The summed E-state index contributed by atoms with van der Waals surface area (Å²) in [7, 11) is 0. The van der Waals surface area contributed by atoms with E-state index in [9.17, 15) is 0 Å². The molecule has 1 aliphatic heterocycles. The maximum Gasteiger partial charge on any atom is 0.222 e. The zero-order valence-corrected chi connectivity index (χ0v) is 13.1. The van der Waals surface area contributed by atoms with Gasteiger partial charge in [0, 0.05) is 25.6 Å². The van der Waals surface area contributed by atoms with Crippen LogP contribution in [-0.2, 0) is 4.74 Å². The van der Waals surface area contributed by atoms with Crippen molar-refractivity contribution in [2.75, 3.05) is 13.2 Å². The van der Waals surface area contributed by atoms with Crippen LogP contribution in [0.5, 0.6) is 0 Å². The summed E-state index contributed by atoms with van der Waals surface area (Å²) in [6, 6.07) is 4.15. The topological polar surface area (TPSA) is 76.2 Å². The van der Waals surface area contributed by atoms with Crippen LogP contribution in [0.25, 0.3) is 5.65 Å². The van der Waals surface area contributed by atoms with Crippen molar-refractivity contribution >= 4 is 17.8 Å². The average molecular weight is 312 g/mol. The van der Waals surface area contributed by atoms with E-state index in [1.807, 2.05) is 41.9 Å². The van der Waals surface area contributed by atoms with E-state index in [1.54, 1.807) is 12.5 Å². The molecule has 0 bridgehead atoms. The van der Waals surface area contributed by atoms with Crippen LogP contribution in [0.2, 0.25) is 0 Å². The normalized spacial score (nSPS) is 17.5. The van der Waals surface area contributed by atoms with Gasteiger partial charge in [0.25, 0.3) is 0 Å². The summed E-state index contributed by atoms with van der Waals surface area (Å²) in [5.74, 6) is 0.608. The first-order chi connectivity index (χ1) is 11.3. The third-order valence-corrected chi connectivity index (χ3v) is 3.53. The van der Waals surface area contributed by atoms with Crippen LogP contribution in [0.3, 0.4) is 0 Å². The molecule has 120 valence electrons. The Labute approximate surface area is 134 Å².